The van der Waals surface area contributed by atoms with E-state index in [0.717, 1.165) is 44.1 Å². The summed E-state index contributed by atoms with van der Waals surface area (Å²) in [4.78, 5) is 18.9. The van der Waals surface area contributed by atoms with E-state index in [-0.39, 0.29) is 12.7 Å². The third-order valence-electron chi connectivity index (χ3n) is 5.69. The minimum absolute atomic E-state index is 0.188. The van der Waals surface area contributed by atoms with Gasteiger partial charge < -0.3 is 14.4 Å². The standard InChI is InChI=1S/C26H22NO3P/c28-31(29,30)16-15-27-25-13-11-21(19-7-3-1-4-8-19)17-23(25)24-18-22(12-14-26(24)27)20-9-5-2-6-10-20/h1-14,17-18H,15-16H2,(H2,28,29,30). The average molecular weight is 427 g/mol. The van der Waals surface area contributed by atoms with Gasteiger partial charge >= 0.3 is 7.60 Å². The van der Waals surface area contributed by atoms with Crippen LogP contribution in [0.2, 0.25) is 0 Å². The van der Waals surface area contributed by atoms with E-state index in [9.17, 15) is 14.4 Å². The van der Waals surface area contributed by atoms with E-state index >= 15 is 0 Å². The maximum absolute atomic E-state index is 11.6. The van der Waals surface area contributed by atoms with Crippen LogP contribution in [0.5, 0.6) is 0 Å². The highest BCUT2D eigenvalue weighted by atomic mass is 31.2. The summed E-state index contributed by atoms with van der Waals surface area (Å²) in [6.07, 6.45) is -0.188. The number of nitrogens with zero attached hydrogens (tertiary/aromatic N) is 1. The predicted molar refractivity (Wildman–Crippen MR) is 127 cm³/mol. The van der Waals surface area contributed by atoms with Crippen molar-refractivity contribution in [2.24, 2.45) is 0 Å². The highest BCUT2D eigenvalue weighted by molar-refractivity contribution is 7.51. The van der Waals surface area contributed by atoms with Crippen molar-refractivity contribution in [2.75, 3.05) is 6.16 Å². The van der Waals surface area contributed by atoms with Crippen molar-refractivity contribution in [3.63, 3.8) is 0 Å². The zero-order valence-corrected chi connectivity index (χ0v) is 17.7. The summed E-state index contributed by atoms with van der Waals surface area (Å²) in [5, 5.41) is 2.17. The summed E-state index contributed by atoms with van der Waals surface area (Å²) in [7, 11) is -4.10. The molecule has 1 aromatic heterocycles. The molecule has 5 aromatic rings. The van der Waals surface area contributed by atoms with Gasteiger partial charge in [-0.25, -0.2) is 0 Å². The number of aryl methyl sites for hydroxylation is 1. The number of hydrogen-bond acceptors (Lipinski definition) is 1. The second-order valence-corrected chi connectivity index (χ2v) is 9.51. The van der Waals surface area contributed by atoms with E-state index in [1.165, 1.54) is 0 Å². The minimum atomic E-state index is -4.10. The molecule has 0 saturated carbocycles. The first-order valence-electron chi connectivity index (χ1n) is 10.2. The number of benzene rings is 4. The molecule has 2 N–H and O–H groups in total. The fourth-order valence-corrected chi connectivity index (χ4v) is 4.66. The Morgan fingerprint density at radius 1 is 0.613 bits per heavy atom. The molecule has 0 aliphatic heterocycles. The zero-order chi connectivity index (χ0) is 21.4. The second kappa shape index (κ2) is 7.82. The molecule has 0 unspecified atom stereocenters. The first-order chi connectivity index (χ1) is 15.0. The van der Waals surface area contributed by atoms with Gasteiger partial charge in [-0.2, -0.15) is 0 Å². The molecule has 5 rings (SSSR count). The van der Waals surface area contributed by atoms with Gasteiger partial charge in [0.25, 0.3) is 0 Å². The second-order valence-electron chi connectivity index (χ2n) is 7.74. The van der Waals surface area contributed by atoms with Crippen LogP contribution < -0.4 is 0 Å². The van der Waals surface area contributed by atoms with Crippen LogP contribution in [0.3, 0.4) is 0 Å². The smallest absolute Gasteiger partial charge is 0.327 e. The van der Waals surface area contributed by atoms with Crippen LogP contribution in [0.1, 0.15) is 0 Å². The summed E-state index contributed by atoms with van der Waals surface area (Å²) in [6, 6.07) is 33.1. The molecular formula is C26H22NO3P. The Balaban J connectivity index is 1.74. The molecule has 0 spiro atoms. The van der Waals surface area contributed by atoms with Crippen molar-refractivity contribution in [1.29, 1.82) is 0 Å². The van der Waals surface area contributed by atoms with Gasteiger partial charge in [-0.15, -0.1) is 0 Å². The third-order valence-corrected chi connectivity index (χ3v) is 6.48. The Bertz CT molecular complexity index is 1320. The Kier molecular flexibility index (Phi) is 4.99. The zero-order valence-electron chi connectivity index (χ0n) is 16.8. The van der Waals surface area contributed by atoms with Crippen molar-refractivity contribution in [1.82, 2.24) is 4.57 Å². The summed E-state index contributed by atoms with van der Waals surface area (Å²) < 4.78 is 13.6. The van der Waals surface area contributed by atoms with Gasteiger partial charge in [-0.05, 0) is 46.5 Å². The van der Waals surface area contributed by atoms with Gasteiger partial charge in [0, 0.05) is 28.4 Å². The Labute approximate surface area is 180 Å². The molecule has 0 atom stereocenters. The van der Waals surface area contributed by atoms with Gasteiger partial charge in [0.1, 0.15) is 0 Å². The quantitative estimate of drug-likeness (QED) is 0.323. The van der Waals surface area contributed by atoms with Gasteiger partial charge in [0.05, 0.1) is 6.16 Å². The summed E-state index contributed by atoms with van der Waals surface area (Å²) in [5.41, 5.74) is 6.47. The lowest BCUT2D eigenvalue weighted by Crippen LogP contribution is -2.02. The Morgan fingerprint density at radius 3 is 1.48 bits per heavy atom. The lowest BCUT2D eigenvalue weighted by Gasteiger charge is -2.09. The molecule has 154 valence electrons. The van der Waals surface area contributed by atoms with Crippen molar-refractivity contribution in [2.45, 2.75) is 6.54 Å². The van der Waals surface area contributed by atoms with E-state index in [4.69, 9.17) is 0 Å². The van der Waals surface area contributed by atoms with Gasteiger partial charge in [-0.1, -0.05) is 72.8 Å². The van der Waals surface area contributed by atoms with Gasteiger partial charge in [-0.3, -0.25) is 4.57 Å². The Hall–Kier alpha value is -3.17. The van der Waals surface area contributed by atoms with Crippen molar-refractivity contribution < 1.29 is 14.4 Å². The number of rotatable bonds is 5. The maximum Gasteiger partial charge on any atom is 0.327 e. The topological polar surface area (TPSA) is 62.5 Å². The summed E-state index contributed by atoms with van der Waals surface area (Å²) >= 11 is 0. The molecule has 0 aliphatic carbocycles. The fraction of sp³-hybridized carbons (Fsp3) is 0.0769. The van der Waals surface area contributed by atoms with E-state index in [0.29, 0.717) is 0 Å². The highest BCUT2D eigenvalue weighted by Gasteiger charge is 2.17. The fourth-order valence-electron chi connectivity index (χ4n) is 4.20. The minimum Gasteiger partial charge on any atom is -0.340 e. The van der Waals surface area contributed by atoms with Crippen LogP contribution in [0.15, 0.2) is 97.1 Å². The normalized spacial score (nSPS) is 11.9. The molecule has 0 bridgehead atoms. The number of hydrogen-bond donors (Lipinski definition) is 2. The first kappa shape index (κ1) is 19.8. The van der Waals surface area contributed by atoms with Gasteiger partial charge in [0.2, 0.25) is 0 Å². The monoisotopic (exact) mass is 427 g/mol. The molecule has 0 fully saturated rings. The van der Waals surface area contributed by atoms with E-state index in [2.05, 4.69) is 60.7 Å². The van der Waals surface area contributed by atoms with E-state index < -0.39 is 7.60 Å². The predicted octanol–water partition coefficient (Wildman–Crippen LogP) is 6.31. The largest absolute Gasteiger partial charge is 0.340 e. The van der Waals surface area contributed by atoms with Crippen LogP contribution in [0.4, 0.5) is 0 Å². The molecule has 4 nitrogen and oxygen atoms in total. The third kappa shape index (κ3) is 3.94. The van der Waals surface area contributed by atoms with Crippen LogP contribution in [-0.2, 0) is 11.1 Å². The molecule has 0 saturated heterocycles. The number of aromatic nitrogens is 1. The first-order valence-corrected chi connectivity index (χ1v) is 12.0. The lowest BCUT2D eigenvalue weighted by molar-refractivity contribution is 0.370. The average Bonchev–Trinajstić information content (AvgIpc) is 3.10. The molecule has 4 aromatic carbocycles. The molecule has 0 amide bonds. The molecule has 0 aliphatic rings. The van der Waals surface area contributed by atoms with Crippen LogP contribution in [-0.4, -0.2) is 20.5 Å². The van der Waals surface area contributed by atoms with Crippen LogP contribution in [0, 0.1) is 0 Å². The van der Waals surface area contributed by atoms with Crippen molar-refractivity contribution in [3.05, 3.63) is 97.1 Å². The molecule has 5 heteroatoms. The molecule has 1 heterocycles. The SMILES string of the molecule is O=P(O)(O)CCn1c2ccc(-c3ccccc3)cc2c2cc(-c3ccccc3)ccc21. The molecule has 31 heavy (non-hydrogen) atoms. The maximum atomic E-state index is 11.6. The van der Waals surface area contributed by atoms with E-state index in [1.807, 2.05) is 41.0 Å². The molecule has 0 radical (unpaired) electrons. The van der Waals surface area contributed by atoms with Crippen LogP contribution in [0.25, 0.3) is 44.1 Å². The van der Waals surface area contributed by atoms with Crippen molar-refractivity contribution in [3.8, 4) is 22.3 Å². The summed E-state index contributed by atoms with van der Waals surface area (Å²) in [5.74, 6) is 0. The van der Waals surface area contributed by atoms with Crippen LogP contribution >= 0.6 is 7.60 Å². The molecular weight excluding hydrogens is 405 g/mol. The van der Waals surface area contributed by atoms with Crippen molar-refractivity contribution >= 4 is 29.4 Å². The number of fused-ring (bicyclic) bond motifs is 3. The van der Waals surface area contributed by atoms with E-state index in [1.54, 1.807) is 0 Å². The van der Waals surface area contributed by atoms with Gasteiger partial charge in [0.15, 0.2) is 0 Å². The Morgan fingerprint density at radius 2 is 1.06 bits per heavy atom. The lowest BCUT2D eigenvalue weighted by atomic mass is 10.0. The summed E-state index contributed by atoms with van der Waals surface area (Å²) in [6.45, 7) is 0.264. The highest BCUT2D eigenvalue weighted by Crippen LogP contribution is 2.38.